The van der Waals surface area contributed by atoms with Gasteiger partial charge in [0.2, 0.25) is 0 Å². The van der Waals surface area contributed by atoms with E-state index in [0.717, 1.165) is 25.7 Å². The highest BCUT2D eigenvalue weighted by atomic mass is 16.3. The molecular formula is C20H30O2. The molecule has 2 heteroatoms. The van der Waals surface area contributed by atoms with E-state index in [1.807, 2.05) is 6.92 Å². The molecule has 6 atom stereocenters. The van der Waals surface area contributed by atoms with Crippen molar-refractivity contribution < 1.29 is 9.90 Å². The Labute approximate surface area is 134 Å². The minimum Gasteiger partial charge on any atom is -0.390 e. The van der Waals surface area contributed by atoms with Crippen molar-refractivity contribution >= 4 is 5.78 Å². The lowest BCUT2D eigenvalue weighted by atomic mass is 9.38. The Morgan fingerprint density at radius 3 is 2.55 bits per heavy atom. The van der Waals surface area contributed by atoms with Crippen molar-refractivity contribution in [2.75, 3.05) is 0 Å². The molecule has 1 spiro atoms. The van der Waals surface area contributed by atoms with Gasteiger partial charge >= 0.3 is 0 Å². The number of rotatable bonds is 0. The van der Waals surface area contributed by atoms with Gasteiger partial charge in [0.25, 0.3) is 0 Å². The lowest BCUT2D eigenvalue weighted by Crippen LogP contribution is -2.62. The fraction of sp³-hybridized carbons (Fsp3) is 0.850. The summed E-state index contributed by atoms with van der Waals surface area (Å²) in [5.41, 5.74) is -0.207. The topological polar surface area (TPSA) is 37.3 Å². The van der Waals surface area contributed by atoms with E-state index < -0.39 is 5.60 Å². The Balaban J connectivity index is 1.82. The lowest BCUT2D eigenvalue weighted by Gasteiger charge is -2.66. The summed E-state index contributed by atoms with van der Waals surface area (Å²) in [6.45, 7) is 9.02. The van der Waals surface area contributed by atoms with Crippen molar-refractivity contribution in [2.24, 2.45) is 34.0 Å². The minimum absolute atomic E-state index is 0.0799. The molecule has 3 saturated carbocycles. The molecule has 122 valence electrons. The number of ketones is 1. The third-order valence-corrected chi connectivity index (χ3v) is 8.17. The molecule has 0 aromatic carbocycles. The number of Topliss-reactive ketones (excluding diaryl/α,β-unsaturated/α-hetero) is 1. The summed E-state index contributed by atoms with van der Waals surface area (Å²) in [7, 11) is 0. The van der Waals surface area contributed by atoms with Crippen molar-refractivity contribution in [3.63, 3.8) is 0 Å². The second-order valence-electron chi connectivity index (χ2n) is 9.90. The first-order chi connectivity index (χ1) is 10.1. The summed E-state index contributed by atoms with van der Waals surface area (Å²) in [6.07, 6.45) is 10.6. The van der Waals surface area contributed by atoms with Crippen molar-refractivity contribution in [1.82, 2.24) is 0 Å². The van der Waals surface area contributed by atoms with Crippen LogP contribution in [0.3, 0.4) is 0 Å². The van der Waals surface area contributed by atoms with Gasteiger partial charge in [-0.3, -0.25) is 4.79 Å². The Bertz CT molecular complexity index is 558. The molecule has 22 heavy (non-hydrogen) atoms. The molecule has 0 aromatic heterocycles. The molecule has 1 unspecified atom stereocenters. The first-order valence-corrected chi connectivity index (χ1v) is 9.04. The molecule has 0 aromatic rings. The van der Waals surface area contributed by atoms with Crippen LogP contribution < -0.4 is 0 Å². The number of hydrogen-bond acceptors (Lipinski definition) is 2. The Morgan fingerprint density at radius 2 is 1.82 bits per heavy atom. The maximum Gasteiger partial charge on any atom is 0.134 e. The van der Waals surface area contributed by atoms with Crippen molar-refractivity contribution in [2.45, 2.75) is 71.8 Å². The number of carbonyl (C=O) groups excluding carboxylic acids is 1. The van der Waals surface area contributed by atoms with Crippen LogP contribution in [0.4, 0.5) is 0 Å². The van der Waals surface area contributed by atoms with Crippen LogP contribution in [0, 0.1) is 34.0 Å². The Morgan fingerprint density at radius 1 is 1.09 bits per heavy atom. The third kappa shape index (κ3) is 1.63. The summed E-state index contributed by atoms with van der Waals surface area (Å²) in [5, 5.41) is 10.8. The second-order valence-corrected chi connectivity index (χ2v) is 9.90. The molecule has 0 aliphatic heterocycles. The Kier molecular flexibility index (Phi) is 2.76. The molecule has 2 bridgehead atoms. The summed E-state index contributed by atoms with van der Waals surface area (Å²) < 4.78 is 0. The second kappa shape index (κ2) is 4.06. The van der Waals surface area contributed by atoms with Crippen molar-refractivity contribution in [3.8, 4) is 0 Å². The average molecular weight is 302 g/mol. The number of fused-ring (bicyclic) bond motifs is 2. The van der Waals surface area contributed by atoms with Gasteiger partial charge in [0.05, 0.1) is 5.60 Å². The van der Waals surface area contributed by atoms with Crippen LogP contribution in [0.1, 0.15) is 66.2 Å². The Hall–Kier alpha value is -0.630. The summed E-state index contributed by atoms with van der Waals surface area (Å²) in [6, 6.07) is 0. The van der Waals surface area contributed by atoms with Crippen LogP contribution in [-0.4, -0.2) is 16.5 Å². The van der Waals surface area contributed by atoms with Gasteiger partial charge in [-0.15, -0.1) is 0 Å². The van der Waals surface area contributed by atoms with E-state index in [-0.39, 0.29) is 22.2 Å². The van der Waals surface area contributed by atoms with E-state index in [9.17, 15) is 9.90 Å². The first kappa shape index (κ1) is 14.9. The molecule has 0 amide bonds. The molecule has 0 heterocycles. The number of carbonyl (C=O) groups is 1. The highest BCUT2D eigenvalue weighted by molar-refractivity contribution is 5.81. The largest absolute Gasteiger partial charge is 0.390 e. The lowest BCUT2D eigenvalue weighted by molar-refractivity contribution is -0.183. The standard InChI is InChI=1S/C20H30O2/c1-17(2)11-15(21)12-18(3)16(17)6-5-14-9-19(4,22)13-7-8-20(14,18)10-13/h7-8,13-14,16,22H,5-6,9-12H2,1-4H3/t13?,14-,16-,18-,19-,20+/m0/s1. The van der Waals surface area contributed by atoms with Crippen LogP contribution in [0.15, 0.2) is 12.2 Å². The van der Waals surface area contributed by atoms with Gasteiger partial charge in [-0.05, 0) is 60.7 Å². The first-order valence-electron chi connectivity index (χ1n) is 9.04. The molecule has 4 aliphatic rings. The van der Waals surface area contributed by atoms with Gasteiger partial charge in [0.1, 0.15) is 5.78 Å². The quantitative estimate of drug-likeness (QED) is 0.683. The molecule has 0 radical (unpaired) electrons. The molecule has 2 nitrogen and oxygen atoms in total. The monoisotopic (exact) mass is 302 g/mol. The smallest absolute Gasteiger partial charge is 0.134 e. The van der Waals surface area contributed by atoms with E-state index >= 15 is 0 Å². The fourth-order valence-corrected chi connectivity index (χ4v) is 7.25. The molecule has 0 saturated heterocycles. The van der Waals surface area contributed by atoms with Crippen LogP contribution in [-0.2, 0) is 4.79 Å². The number of allylic oxidation sites excluding steroid dienone is 1. The van der Waals surface area contributed by atoms with Gasteiger partial charge in [-0.25, -0.2) is 0 Å². The van der Waals surface area contributed by atoms with E-state index in [1.165, 1.54) is 12.8 Å². The normalized spacial score (nSPS) is 55.7. The highest BCUT2D eigenvalue weighted by Gasteiger charge is 2.67. The maximum atomic E-state index is 12.5. The van der Waals surface area contributed by atoms with Crippen LogP contribution >= 0.6 is 0 Å². The molecule has 1 N–H and O–H groups in total. The van der Waals surface area contributed by atoms with Gasteiger partial charge in [-0.2, -0.15) is 0 Å². The predicted molar refractivity (Wildman–Crippen MR) is 87.3 cm³/mol. The van der Waals surface area contributed by atoms with Crippen molar-refractivity contribution in [3.05, 3.63) is 12.2 Å². The van der Waals surface area contributed by atoms with Gasteiger partial charge in [0.15, 0.2) is 0 Å². The zero-order chi connectivity index (χ0) is 16.0. The molecule has 3 fully saturated rings. The van der Waals surface area contributed by atoms with Gasteiger partial charge < -0.3 is 5.11 Å². The predicted octanol–water partition coefficient (Wildman–Crippen LogP) is 4.13. The molecular weight excluding hydrogens is 272 g/mol. The van der Waals surface area contributed by atoms with Crippen LogP contribution in [0.5, 0.6) is 0 Å². The summed E-state index contributed by atoms with van der Waals surface area (Å²) in [4.78, 5) is 12.5. The van der Waals surface area contributed by atoms with Gasteiger partial charge in [0, 0.05) is 18.8 Å². The summed E-state index contributed by atoms with van der Waals surface area (Å²) in [5.74, 6) is 1.90. The van der Waals surface area contributed by atoms with E-state index in [1.54, 1.807) is 0 Å². The van der Waals surface area contributed by atoms with E-state index in [0.29, 0.717) is 17.6 Å². The van der Waals surface area contributed by atoms with Crippen molar-refractivity contribution in [1.29, 1.82) is 0 Å². The van der Waals surface area contributed by atoms with Crippen LogP contribution in [0.2, 0.25) is 0 Å². The minimum atomic E-state index is -0.557. The van der Waals surface area contributed by atoms with Crippen LogP contribution in [0.25, 0.3) is 0 Å². The third-order valence-electron chi connectivity index (χ3n) is 8.17. The van der Waals surface area contributed by atoms with E-state index in [4.69, 9.17) is 0 Å². The fourth-order valence-electron chi connectivity index (χ4n) is 7.25. The average Bonchev–Trinajstić information content (AvgIpc) is 2.76. The summed E-state index contributed by atoms with van der Waals surface area (Å²) >= 11 is 0. The zero-order valence-corrected chi connectivity index (χ0v) is 14.5. The molecule has 4 aliphatic carbocycles. The molecule has 4 rings (SSSR count). The van der Waals surface area contributed by atoms with Gasteiger partial charge in [-0.1, -0.05) is 32.9 Å². The van der Waals surface area contributed by atoms with E-state index in [2.05, 4.69) is 32.9 Å². The number of hydrogen-bond donors (Lipinski definition) is 1. The maximum absolute atomic E-state index is 12.5. The SMILES string of the molecule is CC1(C)CC(=O)C[C@@]2(C)[C@H]1CC[C@H]1C[C@](C)(O)C3C=C[C@@]12C3. The highest BCUT2D eigenvalue weighted by Crippen LogP contribution is 2.72. The zero-order valence-electron chi connectivity index (χ0n) is 14.5. The number of aliphatic hydroxyl groups is 1.